The standard InChI is InChI=1S/C8H16ClNO2/c9-3-1-2-4-10(5-7-11)6-8-12/h1-2,11-12H,3-8H2. The molecule has 0 saturated carbocycles. The molecule has 12 heavy (non-hydrogen) atoms. The van der Waals surface area contributed by atoms with Crippen molar-refractivity contribution in [3.8, 4) is 0 Å². The number of alkyl halides is 1. The number of aliphatic hydroxyl groups excluding tert-OH is 2. The lowest BCUT2D eigenvalue weighted by Gasteiger charge is -2.17. The first-order valence-corrected chi connectivity index (χ1v) is 4.53. The van der Waals surface area contributed by atoms with Crippen molar-refractivity contribution in [1.29, 1.82) is 0 Å². The number of hydrogen-bond acceptors (Lipinski definition) is 3. The van der Waals surface area contributed by atoms with Gasteiger partial charge in [-0.1, -0.05) is 12.2 Å². The Morgan fingerprint density at radius 3 is 2.08 bits per heavy atom. The third kappa shape index (κ3) is 6.61. The van der Waals surface area contributed by atoms with Crippen LogP contribution in [0.1, 0.15) is 0 Å². The van der Waals surface area contributed by atoms with Crippen LogP contribution in [-0.4, -0.2) is 53.8 Å². The Labute approximate surface area is 78.3 Å². The molecule has 0 bridgehead atoms. The van der Waals surface area contributed by atoms with Crippen molar-refractivity contribution in [2.75, 3.05) is 38.7 Å². The van der Waals surface area contributed by atoms with Crippen LogP contribution in [-0.2, 0) is 0 Å². The highest BCUT2D eigenvalue weighted by molar-refractivity contribution is 6.18. The maximum Gasteiger partial charge on any atom is 0.0558 e. The van der Waals surface area contributed by atoms with E-state index in [1.54, 1.807) is 0 Å². The van der Waals surface area contributed by atoms with E-state index < -0.39 is 0 Å². The van der Waals surface area contributed by atoms with Crippen molar-refractivity contribution in [2.45, 2.75) is 0 Å². The first kappa shape index (κ1) is 11.9. The highest BCUT2D eigenvalue weighted by Gasteiger charge is 1.99. The number of rotatable bonds is 7. The van der Waals surface area contributed by atoms with E-state index >= 15 is 0 Å². The van der Waals surface area contributed by atoms with Gasteiger partial charge in [0.15, 0.2) is 0 Å². The average molecular weight is 194 g/mol. The van der Waals surface area contributed by atoms with Crippen molar-refractivity contribution < 1.29 is 10.2 Å². The maximum absolute atomic E-state index is 8.65. The minimum Gasteiger partial charge on any atom is -0.395 e. The molecule has 0 amide bonds. The van der Waals surface area contributed by atoms with Crippen LogP contribution in [0.15, 0.2) is 12.2 Å². The third-order valence-corrected chi connectivity index (χ3v) is 1.63. The average Bonchev–Trinajstić information content (AvgIpc) is 2.06. The first-order valence-electron chi connectivity index (χ1n) is 4.00. The zero-order chi connectivity index (χ0) is 9.23. The predicted molar refractivity (Wildman–Crippen MR) is 50.5 cm³/mol. The van der Waals surface area contributed by atoms with Crippen LogP contribution in [0.3, 0.4) is 0 Å². The van der Waals surface area contributed by atoms with Gasteiger partial charge in [0, 0.05) is 25.5 Å². The van der Waals surface area contributed by atoms with E-state index in [1.165, 1.54) is 0 Å². The van der Waals surface area contributed by atoms with Gasteiger partial charge in [0.2, 0.25) is 0 Å². The van der Waals surface area contributed by atoms with Crippen molar-refractivity contribution in [3.05, 3.63) is 12.2 Å². The molecule has 0 aromatic carbocycles. The third-order valence-electron chi connectivity index (χ3n) is 1.45. The molecule has 72 valence electrons. The molecule has 0 saturated heterocycles. The lowest BCUT2D eigenvalue weighted by molar-refractivity contribution is 0.172. The number of allylic oxidation sites excluding steroid dienone is 1. The second-order valence-electron chi connectivity index (χ2n) is 2.37. The normalized spacial score (nSPS) is 11.7. The van der Waals surface area contributed by atoms with E-state index in [1.807, 2.05) is 17.1 Å². The fourth-order valence-electron chi connectivity index (χ4n) is 0.864. The van der Waals surface area contributed by atoms with Gasteiger partial charge in [0.25, 0.3) is 0 Å². The molecular weight excluding hydrogens is 178 g/mol. The topological polar surface area (TPSA) is 43.7 Å². The van der Waals surface area contributed by atoms with Gasteiger partial charge in [-0.15, -0.1) is 11.6 Å². The van der Waals surface area contributed by atoms with Gasteiger partial charge in [-0.05, 0) is 0 Å². The lowest BCUT2D eigenvalue weighted by atomic mass is 10.4. The van der Waals surface area contributed by atoms with E-state index in [4.69, 9.17) is 21.8 Å². The summed E-state index contributed by atoms with van der Waals surface area (Å²) in [4.78, 5) is 1.95. The van der Waals surface area contributed by atoms with Crippen molar-refractivity contribution in [3.63, 3.8) is 0 Å². The minimum atomic E-state index is 0.120. The summed E-state index contributed by atoms with van der Waals surface area (Å²) in [6.07, 6.45) is 3.78. The van der Waals surface area contributed by atoms with E-state index in [-0.39, 0.29) is 13.2 Å². The Bertz CT molecular complexity index is 114. The Kier molecular flexibility index (Phi) is 8.93. The van der Waals surface area contributed by atoms with Gasteiger partial charge in [0.1, 0.15) is 0 Å². The van der Waals surface area contributed by atoms with Crippen molar-refractivity contribution in [2.24, 2.45) is 0 Å². The van der Waals surface area contributed by atoms with Crippen LogP contribution >= 0.6 is 11.6 Å². The predicted octanol–water partition coefficient (Wildman–Crippen LogP) is 0.0680. The number of halogens is 1. The van der Waals surface area contributed by atoms with Crippen LogP contribution in [0.2, 0.25) is 0 Å². The molecule has 0 aliphatic heterocycles. The molecule has 0 atom stereocenters. The fourth-order valence-corrected chi connectivity index (χ4v) is 0.990. The van der Waals surface area contributed by atoms with Crippen LogP contribution in [0.5, 0.6) is 0 Å². The van der Waals surface area contributed by atoms with E-state index in [9.17, 15) is 0 Å². The summed E-state index contributed by atoms with van der Waals surface area (Å²) in [6, 6.07) is 0. The number of hydrogen-bond donors (Lipinski definition) is 2. The quantitative estimate of drug-likeness (QED) is 0.444. The molecule has 4 heteroatoms. The Hall–Kier alpha value is -0.0900. The molecule has 0 aromatic rings. The summed E-state index contributed by atoms with van der Waals surface area (Å²) in [5, 5.41) is 17.3. The number of nitrogens with zero attached hydrogens (tertiary/aromatic N) is 1. The van der Waals surface area contributed by atoms with Gasteiger partial charge < -0.3 is 10.2 Å². The van der Waals surface area contributed by atoms with E-state index in [0.29, 0.717) is 19.0 Å². The molecular formula is C8H16ClNO2. The molecule has 0 unspecified atom stereocenters. The Balaban J connectivity index is 3.54. The minimum absolute atomic E-state index is 0.120. The summed E-state index contributed by atoms with van der Waals surface area (Å²) >= 11 is 5.44. The Morgan fingerprint density at radius 2 is 1.67 bits per heavy atom. The van der Waals surface area contributed by atoms with E-state index in [2.05, 4.69) is 0 Å². The molecule has 2 N–H and O–H groups in total. The van der Waals surface area contributed by atoms with E-state index in [0.717, 1.165) is 6.54 Å². The van der Waals surface area contributed by atoms with Crippen molar-refractivity contribution in [1.82, 2.24) is 4.90 Å². The highest BCUT2D eigenvalue weighted by Crippen LogP contribution is 1.88. The second-order valence-corrected chi connectivity index (χ2v) is 2.68. The van der Waals surface area contributed by atoms with Crippen LogP contribution < -0.4 is 0 Å². The molecule has 0 fully saturated rings. The summed E-state index contributed by atoms with van der Waals surface area (Å²) in [7, 11) is 0. The summed E-state index contributed by atoms with van der Waals surface area (Å²) in [6.45, 7) is 2.15. The van der Waals surface area contributed by atoms with Gasteiger partial charge in [-0.3, -0.25) is 4.90 Å². The van der Waals surface area contributed by atoms with Crippen LogP contribution in [0, 0.1) is 0 Å². The summed E-state index contributed by atoms with van der Waals surface area (Å²) in [5.41, 5.74) is 0. The molecule has 0 rings (SSSR count). The first-order chi connectivity index (χ1) is 5.85. The number of aliphatic hydroxyl groups is 2. The molecule has 0 heterocycles. The molecule has 0 aromatic heterocycles. The van der Waals surface area contributed by atoms with Gasteiger partial charge in [-0.25, -0.2) is 0 Å². The summed E-state index contributed by atoms with van der Waals surface area (Å²) < 4.78 is 0. The zero-order valence-corrected chi connectivity index (χ0v) is 7.87. The van der Waals surface area contributed by atoms with Crippen LogP contribution in [0.25, 0.3) is 0 Å². The van der Waals surface area contributed by atoms with Crippen molar-refractivity contribution >= 4 is 11.6 Å². The largest absolute Gasteiger partial charge is 0.395 e. The van der Waals surface area contributed by atoms with Gasteiger partial charge in [0.05, 0.1) is 13.2 Å². The second kappa shape index (κ2) is 9.00. The molecule has 0 spiro atoms. The van der Waals surface area contributed by atoms with Gasteiger partial charge in [-0.2, -0.15) is 0 Å². The fraction of sp³-hybridized carbons (Fsp3) is 0.750. The Morgan fingerprint density at radius 1 is 1.08 bits per heavy atom. The molecule has 3 nitrogen and oxygen atoms in total. The van der Waals surface area contributed by atoms with Crippen LogP contribution in [0.4, 0.5) is 0 Å². The lowest BCUT2D eigenvalue weighted by Crippen LogP contribution is -2.29. The maximum atomic E-state index is 8.65. The SMILES string of the molecule is OCCN(CC=CCCl)CCO. The molecule has 0 aliphatic rings. The monoisotopic (exact) mass is 193 g/mol. The summed E-state index contributed by atoms with van der Waals surface area (Å²) in [5.74, 6) is 0.506. The zero-order valence-electron chi connectivity index (χ0n) is 7.12. The molecule has 0 radical (unpaired) electrons. The molecule has 0 aliphatic carbocycles. The highest BCUT2D eigenvalue weighted by atomic mass is 35.5. The smallest absolute Gasteiger partial charge is 0.0558 e. The van der Waals surface area contributed by atoms with Gasteiger partial charge >= 0.3 is 0 Å².